The van der Waals surface area contributed by atoms with E-state index in [2.05, 4.69) is 12.0 Å². The molecule has 0 radical (unpaired) electrons. The standard InChI is InChI=1S/C8H15N3O/c1-7(3-4-12-2)11-6-8(9)5-10-11/h5-7H,3-4,9H2,1-2H3. The van der Waals surface area contributed by atoms with Crippen LogP contribution in [0.1, 0.15) is 19.4 Å². The van der Waals surface area contributed by atoms with Gasteiger partial charge in [-0.3, -0.25) is 4.68 Å². The summed E-state index contributed by atoms with van der Waals surface area (Å²) in [6, 6.07) is 0.349. The average Bonchev–Trinajstić information content (AvgIpc) is 2.47. The number of rotatable bonds is 4. The summed E-state index contributed by atoms with van der Waals surface area (Å²) in [6.07, 6.45) is 4.45. The third kappa shape index (κ3) is 2.23. The molecule has 0 saturated carbocycles. The van der Waals surface area contributed by atoms with Crippen molar-refractivity contribution in [3.63, 3.8) is 0 Å². The monoisotopic (exact) mass is 169 g/mol. The summed E-state index contributed by atoms with van der Waals surface area (Å²) in [5, 5.41) is 4.10. The van der Waals surface area contributed by atoms with Crippen molar-refractivity contribution in [2.75, 3.05) is 19.5 Å². The van der Waals surface area contributed by atoms with Crippen molar-refractivity contribution in [1.82, 2.24) is 9.78 Å². The van der Waals surface area contributed by atoms with E-state index in [4.69, 9.17) is 10.5 Å². The van der Waals surface area contributed by atoms with Crippen molar-refractivity contribution in [1.29, 1.82) is 0 Å². The molecule has 0 spiro atoms. The molecule has 4 nitrogen and oxygen atoms in total. The van der Waals surface area contributed by atoms with Crippen molar-refractivity contribution < 1.29 is 4.74 Å². The van der Waals surface area contributed by atoms with Crippen LogP contribution in [0.2, 0.25) is 0 Å². The first-order valence-corrected chi connectivity index (χ1v) is 4.02. The number of anilines is 1. The van der Waals surface area contributed by atoms with Gasteiger partial charge in [-0.2, -0.15) is 5.10 Å². The predicted octanol–water partition coefficient (Wildman–Crippen LogP) is 1.06. The molecule has 1 heterocycles. The first kappa shape index (κ1) is 9.06. The van der Waals surface area contributed by atoms with Crippen LogP contribution in [0, 0.1) is 0 Å². The number of ether oxygens (including phenoxy) is 1. The molecule has 0 saturated heterocycles. The summed E-state index contributed by atoms with van der Waals surface area (Å²) in [6.45, 7) is 2.84. The Bertz CT molecular complexity index is 234. The van der Waals surface area contributed by atoms with E-state index in [1.54, 1.807) is 13.3 Å². The Balaban J connectivity index is 2.47. The molecule has 1 aromatic rings. The van der Waals surface area contributed by atoms with E-state index in [-0.39, 0.29) is 0 Å². The van der Waals surface area contributed by atoms with Crippen LogP contribution in [0.5, 0.6) is 0 Å². The molecule has 1 atom stereocenters. The summed E-state index contributed by atoms with van der Waals surface area (Å²) < 4.78 is 6.82. The van der Waals surface area contributed by atoms with Gasteiger partial charge in [0.2, 0.25) is 0 Å². The zero-order valence-electron chi connectivity index (χ0n) is 7.53. The molecule has 0 aliphatic carbocycles. The van der Waals surface area contributed by atoms with Crippen LogP contribution in [-0.4, -0.2) is 23.5 Å². The fourth-order valence-electron chi connectivity index (χ4n) is 1.01. The molecular weight excluding hydrogens is 154 g/mol. The van der Waals surface area contributed by atoms with Crippen LogP contribution in [0.3, 0.4) is 0 Å². The van der Waals surface area contributed by atoms with Crippen molar-refractivity contribution >= 4 is 5.69 Å². The second-order valence-corrected chi connectivity index (χ2v) is 2.88. The average molecular weight is 169 g/mol. The fourth-order valence-corrected chi connectivity index (χ4v) is 1.01. The lowest BCUT2D eigenvalue weighted by Gasteiger charge is -2.10. The van der Waals surface area contributed by atoms with Crippen LogP contribution in [0.25, 0.3) is 0 Å². The molecule has 1 aromatic heterocycles. The van der Waals surface area contributed by atoms with E-state index in [1.807, 2.05) is 10.9 Å². The highest BCUT2D eigenvalue weighted by Crippen LogP contribution is 2.10. The van der Waals surface area contributed by atoms with Gasteiger partial charge >= 0.3 is 0 Å². The number of nitrogens with zero attached hydrogens (tertiary/aromatic N) is 2. The Morgan fingerprint density at radius 3 is 3.00 bits per heavy atom. The Morgan fingerprint density at radius 1 is 1.75 bits per heavy atom. The molecule has 0 fully saturated rings. The number of hydrogen-bond acceptors (Lipinski definition) is 3. The Kier molecular flexibility index (Phi) is 3.10. The van der Waals surface area contributed by atoms with Gasteiger partial charge < -0.3 is 10.5 Å². The van der Waals surface area contributed by atoms with Gasteiger partial charge in [0.25, 0.3) is 0 Å². The summed E-state index contributed by atoms with van der Waals surface area (Å²) in [5.41, 5.74) is 6.24. The van der Waals surface area contributed by atoms with Gasteiger partial charge in [0, 0.05) is 19.9 Å². The van der Waals surface area contributed by atoms with E-state index in [1.165, 1.54) is 0 Å². The minimum Gasteiger partial charge on any atom is -0.396 e. The van der Waals surface area contributed by atoms with Gasteiger partial charge in [0.05, 0.1) is 17.9 Å². The second kappa shape index (κ2) is 4.11. The quantitative estimate of drug-likeness (QED) is 0.733. The fraction of sp³-hybridized carbons (Fsp3) is 0.625. The third-order valence-electron chi connectivity index (χ3n) is 1.81. The lowest BCUT2D eigenvalue weighted by atomic mass is 10.2. The molecule has 0 aliphatic heterocycles. The normalized spacial score (nSPS) is 13.2. The second-order valence-electron chi connectivity index (χ2n) is 2.88. The summed E-state index contributed by atoms with van der Waals surface area (Å²) >= 11 is 0. The smallest absolute Gasteiger partial charge is 0.0719 e. The number of nitrogens with two attached hydrogens (primary N) is 1. The van der Waals surface area contributed by atoms with E-state index < -0.39 is 0 Å². The molecule has 2 N–H and O–H groups in total. The SMILES string of the molecule is COCCC(C)n1cc(N)cn1. The number of aromatic nitrogens is 2. The van der Waals surface area contributed by atoms with E-state index in [0.29, 0.717) is 11.7 Å². The van der Waals surface area contributed by atoms with Crippen molar-refractivity contribution in [3.8, 4) is 0 Å². The number of methoxy groups -OCH3 is 1. The van der Waals surface area contributed by atoms with Gasteiger partial charge in [-0.15, -0.1) is 0 Å². The van der Waals surface area contributed by atoms with Crippen LogP contribution in [-0.2, 0) is 4.74 Å². The zero-order valence-corrected chi connectivity index (χ0v) is 7.53. The Labute approximate surface area is 72.3 Å². The number of hydrogen-bond donors (Lipinski definition) is 1. The molecule has 1 rings (SSSR count). The molecule has 68 valence electrons. The van der Waals surface area contributed by atoms with Crippen LogP contribution in [0.15, 0.2) is 12.4 Å². The van der Waals surface area contributed by atoms with E-state index in [9.17, 15) is 0 Å². The van der Waals surface area contributed by atoms with Crippen molar-refractivity contribution in [2.45, 2.75) is 19.4 Å². The molecule has 4 heteroatoms. The van der Waals surface area contributed by atoms with Crippen LogP contribution in [0.4, 0.5) is 5.69 Å². The van der Waals surface area contributed by atoms with E-state index in [0.717, 1.165) is 13.0 Å². The minimum atomic E-state index is 0.349. The highest BCUT2D eigenvalue weighted by atomic mass is 16.5. The molecule has 0 aliphatic rings. The van der Waals surface area contributed by atoms with Gasteiger partial charge in [0.15, 0.2) is 0 Å². The van der Waals surface area contributed by atoms with Gasteiger partial charge in [-0.05, 0) is 13.3 Å². The Morgan fingerprint density at radius 2 is 2.50 bits per heavy atom. The maximum absolute atomic E-state index is 5.53. The molecule has 12 heavy (non-hydrogen) atoms. The molecule has 1 unspecified atom stereocenters. The van der Waals surface area contributed by atoms with Gasteiger partial charge in [-0.1, -0.05) is 0 Å². The van der Waals surface area contributed by atoms with Crippen molar-refractivity contribution in [2.24, 2.45) is 0 Å². The summed E-state index contributed by atoms with van der Waals surface area (Å²) in [7, 11) is 1.70. The first-order chi connectivity index (χ1) is 5.74. The van der Waals surface area contributed by atoms with Gasteiger partial charge in [-0.25, -0.2) is 0 Å². The lowest BCUT2D eigenvalue weighted by Crippen LogP contribution is -2.08. The molecular formula is C8H15N3O. The maximum Gasteiger partial charge on any atom is 0.0719 e. The minimum absolute atomic E-state index is 0.349. The van der Waals surface area contributed by atoms with Crippen LogP contribution >= 0.6 is 0 Å². The number of nitrogen functional groups attached to an aromatic ring is 1. The van der Waals surface area contributed by atoms with E-state index >= 15 is 0 Å². The van der Waals surface area contributed by atoms with Crippen LogP contribution < -0.4 is 5.73 Å². The third-order valence-corrected chi connectivity index (χ3v) is 1.81. The Hall–Kier alpha value is -1.03. The molecule has 0 bridgehead atoms. The topological polar surface area (TPSA) is 53.1 Å². The predicted molar refractivity (Wildman–Crippen MR) is 47.8 cm³/mol. The highest BCUT2D eigenvalue weighted by molar-refractivity contribution is 5.30. The maximum atomic E-state index is 5.53. The zero-order chi connectivity index (χ0) is 8.97. The summed E-state index contributed by atoms with van der Waals surface area (Å²) in [5.74, 6) is 0. The molecule has 0 aromatic carbocycles. The molecule has 0 amide bonds. The van der Waals surface area contributed by atoms with Gasteiger partial charge in [0.1, 0.15) is 0 Å². The lowest BCUT2D eigenvalue weighted by molar-refractivity contribution is 0.178. The highest BCUT2D eigenvalue weighted by Gasteiger charge is 2.04. The largest absolute Gasteiger partial charge is 0.396 e. The summed E-state index contributed by atoms with van der Waals surface area (Å²) in [4.78, 5) is 0. The van der Waals surface area contributed by atoms with Crippen molar-refractivity contribution in [3.05, 3.63) is 12.4 Å². The first-order valence-electron chi connectivity index (χ1n) is 4.02.